The van der Waals surface area contributed by atoms with Gasteiger partial charge in [-0.2, -0.15) is 0 Å². The molecule has 1 aliphatic carbocycles. The Bertz CT molecular complexity index is 616. The highest BCUT2D eigenvalue weighted by molar-refractivity contribution is 5.93. The van der Waals surface area contributed by atoms with Gasteiger partial charge in [0.15, 0.2) is 0 Å². The summed E-state index contributed by atoms with van der Waals surface area (Å²) >= 11 is 0. The molecule has 0 aliphatic heterocycles. The van der Waals surface area contributed by atoms with Crippen LogP contribution in [0.5, 0.6) is 11.5 Å². The van der Waals surface area contributed by atoms with Crippen LogP contribution in [0, 0.1) is 0 Å². The van der Waals surface area contributed by atoms with Crippen LogP contribution in [-0.4, -0.2) is 20.8 Å². The van der Waals surface area contributed by atoms with E-state index in [2.05, 4.69) is 18.2 Å². The van der Waals surface area contributed by atoms with E-state index in [4.69, 9.17) is 15.2 Å². The summed E-state index contributed by atoms with van der Waals surface area (Å²) in [6, 6.07) is 8.32. The minimum atomic E-state index is 0.373. The Balaban J connectivity index is 2.39. The second kappa shape index (κ2) is 4.74. The maximum Gasteiger partial charge on any atom is 0.123 e. The summed E-state index contributed by atoms with van der Waals surface area (Å²) in [6.07, 6.45) is 2.07. The fraction of sp³-hybridized carbons (Fsp3) is 0.375. The molecule has 2 aromatic rings. The molecule has 0 spiro atoms. The van der Waals surface area contributed by atoms with E-state index < -0.39 is 0 Å². The zero-order valence-corrected chi connectivity index (χ0v) is 11.4. The quantitative estimate of drug-likeness (QED) is 0.919. The van der Waals surface area contributed by atoms with E-state index in [9.17, 15) is 0 Å². The molecule has 0 saturated heterocycles. The van der Waals surface area contributed by atoms with Crippen molar-refractivity contribution in [3.05, 3.63) is 35.4 Å². The van der Waals surface area contributed by atoms with Crippen LogP contribution in [0.25, 0.3) is 10.8 Å². The van der Waals surface area contributed by atoms with Crippen molar-refractivity contribution < 1.29 is 9.47 Å². The van der Waals surface area contributed by atoms with Crippen LogP contribution in [0.1, 0.15) is 23.5 Å². The van der Waals surface area contributed by atoms with Crippen LogP contribution in [0.15, 0.2) is 24.3 Å². The SMILES string of the molecule is COc1ccc2ccc(OC)c3c2c1CC[C@@H]3CN. The first-order valence-electron chi connectivity index (χ1n) is 6.66. The van der Waals surface area contributed by atoms with E-state index in [-0.39, 0.29) is 0 Å². The van der Waals surface area contributed by atoms with Gasteiger partial charge >= 0.3 is 0 Å². The summed E-state index contributed by atoms with van der Waals surface area (Å²) < 4.78 is 11.0. The third kappa shape index (κ3) is 1.77. The normalized spacial score (nSPS) is 17.5. The molecule has 1 aliphatic rings. The lowest BCUT2D eigenvalue weighted by Gasteiger charge is -2.27. The average Bonchev–Trinajstić information content (AvgIpc) is 2.48. The van der Waals surface area contributed by atoms with Gasteiger partial charge in [0.2, 0.25) is 0 Å². The van der Waals surface area contributed by atoms with E-state index in [0.29, 0.717) is 12.5 Å². The molecule has 1 atom stereocenters. The molecular weight excluding hydrogens is 238 g/mol. The van der Waals surface area contributed by atoms with Crippen molar-refractivity contribution in [3.8, 4) is 11.5 Å². The van der Waals surface area contributed by atoms with Gasteiger partial charge in [0.1, 0.15) is 11.5 Å². The Morgan fingerprint density at radius 1 is 1.11 bits per heavy atom. The van der Waals surface area contributed by atoms with Crippen molar-refractivity contribution in [2.45, 2.75) is 18.8 Å². The van der Waals surface area contributed by atoms with E-state index in [1.807, 2.05) is 6.07 Å². The summed E-state index contributed by atoms with van der Waals surface area (Å²) in [4.78, 5) is 0. The number of nitrogens with two attached hydrogens (primary N) is 1. The maximum absolute atomic E-state index is 5.94. The molecule has 19 heavy (non-hydrogen) atoms. The second-order valence-electron chi connectivity index (χ2n) is 5.00. The lowest BCUT2D eigenvalue weighted by molar-refractivity contribution is 0.399. The lowest BCUT2D eigenvalue weighted by Crippen LogP contribution is -2.18. The van der Waals surface area contributed by atoms with E-state index in [0.717, 1.165) is 24.3 Å². The van der Waals surface area contributed by atoms with Gasteiger partial charge in [-0.05, 0) is 42.3 Å². The Kier molecular flexibility index (Phi) is 3.07. The zero-order valence-electron chi connectivity index (χ0n) is 11.4. The van der Waals surface area contributed by atoms with Crippen LogP contribution in [-0.2, 0) is 6.42 Å². The summed E-state index contributed by atoms with van der Waals surface area (Å²) in [5.74, 6) is 2.29. The van der Waals surface area contributed by atoms with Gasteiger partial charge in [-0.3, -0.25) is 0 Å². The van der Waals surface area contributed by atoms with Crippen molar-refractivity contribution in [1.82, 2.24) is 0 Å². The Morgan fingerprint density at radius 3 is 2.42 bits per heavy atom. The number of benzene rings is 2. The second-order valence-corrected chi connectivity index (χ2v) is 5.00. The topological polar surface area (TPSA) is 44.5 Å². The standard InChI is InChI=1S/C16H19NO2/c1-18-13-7-4-10-5-8-14(19-2)16-11(9-17)3-6-12(13)15(10)16/h4-5,7-8,11H,3,6,9,17H2,1-2H3/t11-/m1/s1. The highest BCUT2D eigenvalue weighted by Gasteiger charge is 2.26. The largest absolute Gasteiger partial charge is 0.496 e. The first-order valence-corrected chi connectivity index (χ1v) is 6.66. The molecule has 3 nitrogen and oxygen atoms in total. The van der Waals surface area contributed by atoms with Crippen LogP contribution in [0.4, 0.5) is 0 Å². The number of aryl methyl sites for hydroxylation is 1. The number of hydrogen-bond donors (Lipinski definition) is 1. The van der Waals surface area contributed by atoms with Crippen molar-refractivity contribution in [2.75, 3.05) is 20.8 Å². The minimum Gasteiger partial charge on any atom is -0.496 e. The number of methoxy groups -OCH3 is 2. The first-order chi connectivity index (χ1) is 9.30. The molecule has 0 unspecified atom stereocenters. The zero-order chi connectivity index (χ0) is 13.4. The predicted molar refractivity (Wildman–Crippen MR) is 77.2 cm³/mol. The fourth-order valence-electron chi connectivity index (χ4n) is 3.20. The Hall–Kier alpha value is -1.74. The smallest absolute Gasteiger partial charge is 0.123 e. The van der Waals surface area contributed by atoms with Gasteiger partial charge in [0.25, 0.3) is 0 Å². The average molecular weight is 257 g/mol. The lowest BCUT2D eigenvalue weighted by atomic mass is 9.80. The van der Waals surface area contributed by atoms with Crippen LogP contribution in [0.2, 0.25) is 0 Å². The van der Waals surface area contributed by atoms with Gasteiger partial charge in [-0.1, -0.05) is 12.1 Å². The van der Waals surface area contributed by atoms with E-state index in [1.54, 1.807) is 14.2 Å². The summed E-state index contributed by atoms with van der Waals surface area (Å²) in [5, 5.41) is 2.52. The summed E-state index contributed by atoms with van der Waals surface area (Å²) in [6.45, 7) is 0.659. The highest BCUT2D eigenvalue weighted by Crippen LogP contribution is 2.44. The number of ether oxygens (including phenoxy) is 2. The third-order valence-corrected chi connectivity index (χ3v) is 4.13. The molecule has 0 heterocycles. The molecule has 2 N–H and O–H groups in total. The number of hydrogen-bond acceptors (Lipinski definition) is 3. The molecule has 0 amide bonds. The predicted octanol–water partition coefficient (Wildman–Crippen LogP) is 2.85. The van der Waals surface area contributed by atoms with Gasteiger partial charge in [0.05, 0.1) is 14.2 Å². The monoisotopic (exact) mass is 257 g/mol. The molecule has 0 bridgehead atoms. The molecular formula is C16H19NO2. The number of rotatable bonds is 3. The van der Waals surface area contributed by atoms with E-state index in [1.165, 1.54) is 21.9 Å². The van der Waals surface area contributed by atoms with Crippen molar-refractivity contribution in [1.29, 1.82) is 0 Å². The molecule has 2 aromatic carbocycles. The summed E-state index contributed by atoms with van der Waals surface area (Å²) in [7, 11) is 3.45. The molecule has 0 saturated carbocycles. The van der Waals surface area contributed by atoms with Crippen LogP contribution < -0.4 is 15.2 Å². The minimum absolute atomic E-state index is 0.373. The molecule has 100 valence electrons. The molecule has 0 radical (unpaired) electrons. The van der Waals surface area contributed by atoms with Gasteiger partial charge in [0, 0.05) is 17.0 Å². The Morgan fingerprint density at radius 2 is 1.79 bits per heavy atom. The Labute approximate surface area is 113 Å². The maximum atomic E-state index is 5.94. The highest BCUT2D eigenvalue weighted by atomic mass is 16.5. The molecule has 0 aromatic heterocycles. The van der Waals surface area contributed by atoms with Crippen molar-refractivity contribution >= 4 is 10.8 Å². The van der Waals surface area contributed by atoms with Gasteiger partial charge in [-0.25, -0.2) is 0 Å². The first kappa shape index (κ1) is 12.3. The third-order valence-electron chi connectivity index (χ3n) is 4.13. The molecule has 0 fully saturated rings. The van der Waals surface area contributed by atoms with Gasteiger partial charge in [-0.15, -0.1) is 0 Å². The van der Waals surface area contributed by atoms with Crippen molar-refractivity contribution in [2.24, 2.45) is 5.73 Å². The van der Waals surface area contributed by atoms with Crippen LogP contribution >= 0.6 is 0 Å². The summed E-state index contributed by atoms with van der Waals surface area (Å²) in [5.41, 5.74) is 8.49. The van der Waals surface area contributed by atoms with Crippen molar-refractivity contribution in [3.63, 3.8) is 0 Å². The van der Waals surface area contributed by atoms with Gasteiger partial charge < -0.3 is 15.2 Å². The van der Waals surface area contributed by atoms with E-state index >= 15 is 0 Å². The molecule has 3 heteroatoms. The van der Waals surface area contributed by atoms with Crippen LogP contribution in [0.3, 0.4) is 0 Å². The molecule has 3 rings (SSSR count). The fourth-order valence-corrected chi connectivity index (χ4v) is 3.20.